The van der Waals surface area contributed by atoms with Crippen LogP contribution in [-0.4, -0.2) is 31.1 Å². The second-order valence-corrected chi connectivity index (χ2v) is 5.83. The lowest BCUT2D eigenvalue weighted by molar-refractivity contribution is -0.150. The SMILES string of the molecule is COC(=O)C1[C@@H]2CC[C@H]1CN(Cc1ccccc1)C2. The van der Waals surface area contributed by atoms with E-state index in [1.54, 1.807) is 0 Å². The van der Waals surface area contributed by atoms with Gasteiger partial charge in [0.15, 0.2) is 0 Å². The molecule has 3 nitrogen and oxygen atoms in total. The van der Waals surface area contributed by atoms with E-state index < -0.39 is 0 Å². The second-order valence-electron chi connectivity index (χ2n) is 5.83. The third-order valence-electron chi connectivity index (χ3n) is 4.63. The number of esters is 1. The summed E-state index contributed by atoms with van der Waals surface area (Å²) in [5, 5.41) is 0. The summed E-state index contributed by atoms with van der Waals surface area (Å²) in [5.41, 5.74) is 1.36. The Morgan fingerprint density at radius 2 is 1.84 bits per heavy atom. The first kappa shape index (κ1) is 12.7. The Bertz CT molecular complexity index is 431. The van der Waals surface area contributed by atoms with Gasteiger partial charge in [-0.1, -0.05) is 30.3 Å². The van der Waals surface area contributed by atoms with E-state index in [-0.39, 0.29) is 11.9 Å². The highest BCUT2D eigenvalue weighted by Gasteiger charge is 2.46. The van der Waals surface area contributed by atoms with E-state index in [4.69, 9.17) is 4.74 Å². The molecule has 1 saturated carbocycles. The molecule has 1 aromatic carbocycles. The van der Waals surface area contributed by atoms with Crippen LogP contribution < -0.4 is 0 Å². The number of methoxy groups -OCH3 is 1. The first-order valence-electron chi connectivity index (χ1n) is 7.12. The second kappa shape index (κ2) is 5.33. The molecule has 1 heterocycles. The van der Waals surface area contributed by atoms with Crippen LogP contribution >= 0.6 is 0 Å². The fourth-order valence-electron chi connectivity index (χ4n) is 3.81. The van der Waals surface area contributed by atoms with Gasteiger partial charge in [0, 0.05) is 19.6 Å². The molecule has 3 atom stereocenters. The van der Waals surface area contributed by atoms with Gasteiger partial charge in [0.1, 0.15) is 0 Å². The predicted molar refractivity (Wildman–Crippen MR) is 73.4 cm³/mol. The zero-order valence-corrected chi connectivity index (χ0v) is 11.4. The van der Waals surface area contributed by atoms with E-state index in [2.05, 4.69) is 35.2 Å². The summed E-state index contributed by atoms with van der Waals surface area (Å²) in [6.07, 6.45) is 2.35. The van der Waals surface area contributed by atoms with E-state index in [1.165, 1.54) is 25.5 Å². The van der Waals surface area contributed by atoms with Crippen LogP contribution in [0, 0.1) is 17.8 Å². The van der Waals surface area contributed by atoms with Crippen molar-refractivity contribution in [1.29, 1.82) is 0 Å². The topological polar surface area (TPSA) is 29.5 Å². The molecular weight excluding hydrogens is 238 g/mol. The number of hydrogen-bond acceptors (Lipinski definition) is 3. The molecule has 0 aromatic heterocycles. The van der Waals surface area contributed by atoms with Gasteiger partial charge in [-0.3, -0.25) is 9.69 Å². The summed E-state index contributed by atoms with van der Waals surface area (Å²) >= 11 is 0. The van der Waals surface area contributed by atoms with Gasteiger partial charge in [0.25, 0.3) is 0 Å². The Morgan fingerprint density at radius 1 is 1.21 bits per heavy atom. The maximum Gasteiger partial charge on any atom is 0.309 e. The number of hydrogen-bond donors (Lipinski definition) is 0. The van der Waals surface area contributed by atoms with E-state index in [9.17, 15) is 4.79 Å². The Balaban J connectivity index is 1.66. The molecule has 0 amide bonds. The van der Waals surface area contributed by atoms with E-state index in [0.29, 0.717) is 11.8 Å². The van der Waals surface area contributed by atoms with Gasteiger partial charge in [-0.25, -0.2) is 0 Å². The normalized spacial score (nSPS) is 30.3. The van der Waals surface area contributed by atoms with Crippen LogP contribution in [0.2, 0.25) is 0 Å². The smallest absolute Gasteiger partial charge is 0.309 e. The molecule has 2 fully saturated rings. The predicted octanol–water partition coefficient (Wildman–Crippen LogP) is 2.32. The van der Waals surface area contributed by atoms with E-state index >= 15 is 0 Å². The fraction of sp³-hybridized carbons (Fsp3) is 0.562. The molecule has 0 N–H and O–H groups in total. The summed E-state index contributed by atoms with van der Waals surface area (Å²) < 4.78 is 4.97. The molecular formula is C16H21NO2. The van der Waals surface area contributed by atoms with Crippen molar-refractivity contribution in [2.24, 2.45) is 17.8 Å². The molecule has 0 spiro atoms. The van der Waals surface area contributed by atoms with Crippen LogP contribution in [0.3, 0.4) is 0 Å². The van der Waals surface area contributed by atoms with Crippen LogP contribution in [0.1, 0.15) is 18.4 Å². The van der Waals surface area contributed by atoms with Crippen molar-refractivity contribution in [2.75, 3.05) is 20.2 Å². The van der Waals surface area contributed by atoms with Crippen LogP contribution in [0.5, 0.6) is 0 Å². The van der Waals surface area contributed by atoms with Gasteiger partial charge in [-0.05, 0) is 30.2 Å². The molecule has 1 saturated heterocycles. The van der Waals surface area contributed by atoms with Gasteiger partial charge in [0.2, 0.25) is 0 Å². The summed E-state index contributed by atoms with van der Waals surface area (Å²) in [7, 11) is 1.51. The van der Waals surface area contributed by atoms with Crippen LogP contribution in [0.4, 0.5) is 0 Å². The van der Waals surface area contributed by atoms with E-state index in [0.717, 1.165) is 19.6 Å². The summed E-state index contributed by atoms with van der Waals surface area (Å²) in [4.78, 5) is 14.3. The molecule has 102 valence electrons. The maximum atomic E-state index is 11.9. The molecule has 3 heteroatoms. The first-order chi connectivity index (χ1) is 9.28. The molecule has 1 aliphatic heterocycles. The number of carbonyl (C=O) groups excluding carboxylic acids is 1. The molecule has 3 rings (SSSR count). The summed E-state index contributed by atoms with van der Waals surface area (Å²) in [6, 6.07) is 10.6. The zero-order chi connectivity index (χ0) is 13.2. The molecule has 0 radical (unpaired) electrons. The molecule has 1 aliphatic carbocycles. The molecule has 2 aliphatic rings. The largest absolute Gasteiger partial charge is 0.469 e. The Hall–Kier alpha value is -1.35. The number of nitrogens with zero attached hydrogens (tertiary/aromatic N) is 1. The summed E-state index contributed by atoms with van der Waals surface area (Å²) in [5.74, 6) is 1.15. The Morgan fingerprint density at radius 3 is 2.42 bits per heavy atom. The van der Waals surface area contributed by atoms with Crippen molar-refractivity contribution < 1.29 is 9.53 Å². The van der Waals surface area contributed by atoms with Crippen molar-refractivity contribution >= 4 is 5.97 Å². The van der Waals surface area contributed by atoms with Crippen molar-refractivity contribution in [1.82, 2.24) is 4.90 Å². The zero-order valence-electron chi connectivity index (χ0n) is 11.4. The highest BCUT2D eigenvalue weighted by Crippen LogP contribution is 2.42. The lowest BCUT2D eigenvalue weighted by Gasteiger charge is -2.36. The average Bonchev–Trinajstić information content (AvgIpc) is 2.71. The minimum atomic E-state index is 0.00635. The number of piperidine rings is 1. The number of ether oxygens (including phenoxy) is 1. The number of likely N-dealkylation sites (tertiary alicyclic amines) is 1. The van der Waals surface area contributed by atoms with Crippen molar-refractivity contribution in [2.45, 2.75) is 19.4 Å². The lowest BCUT2D eigenvalue weighted by Crippen LogP contribution is -2.44. The minimum absolute atomic E-state index is 0.00635. The third kappa shape index (κ3) is 2.52. The lowest BCUT2D eigenvalue weighted by atomic mass is 9.85. The molecule has 1 aromatic rings. The van der Waals surface area contributed by atoms with Crippen molar-refractivity contribution in [3.8, 4) is 0 Å². The van der Waals surface area contributed by atoms with Gasteiger partial charge < -0.3 is 4.74 Å². The van der Waals surface area contributed by atoms with Crippen molar-refractivity contribution in [3.05, 3.63) is 35.9 Å². The summed E-state index contributed by atoms with van der Waals surface area (Å²) in [6.45, 7) is 3.07. The Kier molecular flexibility index (Phi) is 3.56. The number of rotatable bonds is 3. The van der Waals surface area contributed by atoms with Crippen LogP contribution in [-0.2, 0) is 16.1 Å². The highest BCUT2D eigenvalue weighted by molar-refractivity contribution is 5.73. The van der Waals surface area contributed by atoms with Crippen LogP contribution in [0.25, 0.3) is 0 Å². The molecule has 1 unspecified atom stereocenters. The van der Waals surface area contributed by atoms with E-state index in [1.807, 2.05) is 0 Å². The van der Waals surface area contributed by atoms with Gasteiger partial charge >= 0.3 is 5.97 Å². The monoisotopic (exact) mass is 259 g/mol. The van der Waals surface area contributed by atoms with Gasteiger partial charge in [-0.15, -0.1) is 0 Å². The highest BCUT2D eigenvalue weighted by atomic mass is 16.5. The average molecular weight is 259 g/mol. The third-order valence-corrected chi connectivity index (χ3v) is 4.63. The molecule has 2 bridgehead atoms. The molecule has 19 heavy (non-hydrogen) atoms. The van der Waals surface area contributed by atoms with Gasteiger partial charge in [0.05, 0.1) is 13.0 Å². The Labute approximate surface area is 114 Å². The quantitative estimate of drug-likeness (QED) is 0.780. The van der Waals surface area contributed by atoms with Gasteiger partial charge in [-0.2, -0.15) is 0 Å². The number of carbonyl (C=O) groups is 1. The standard InChI is InChI=1S/C16H21NO2/c1-19-16(18)15-13-7-8-14(15)11-17(10-13)9-12-5-3-2-4-6-12/h2-6,13-15H,7-11H2,1H3/t13-,14+,15?. The minimum Gasteiger partial charge on any atom is -0.469 e. The number of benzene rings is 1. The fourth-order valence-corrected chi connectivity index (χ4v) is 3.81. The maximum absolute atomic E-state index is 11.9. The number of fused-ring (bicyclic) bond motifs is 2. The first-order valence-corrected chi connectivity index (χ1v) is 7.12. The van der Waals surface area contributed by atoms with Crippen LogP contribution in [0.15, 0.2) is 30.3 Å². The van der Waals surface area contributed by atoms with Crippen molar-refractivity contribution in [3.63, 3.8) is 0 Å².